The van der Waals surface area contributed by atoms with E-state index < -0.39 is 0 Å². The summed E-state index contributed by atoms with van der Waals surface area (Å²) >= 11 is 0. The lowest BCUT2D eigenvalue weighted by Gasteiger charge is -2.24. The molecule has 1 aliphatic heterocycles. The van der Waals surface area contributed by atoms with Crippen LogP contribution >= 0.6 is 12.4 Å². The highest BCUT2D eigenvalue weighted by atomic mass is 35.5. The minimum Gasteiger partial charge on any atom is -0.354 e. The van der Waals surface area contributed by atoms with Gasteiger partial charge in [0, 0.05) is 19.5 Å². The van der Waals surface area contributed by atoms with E-state index in [0.29, 0.717) is 32.5 Å². The predicted molar refractivity (Wildman–Crippen MR) is 93.2 cm³/mol. The highest BCUT2D eigenvalue weighted by molar-refractivity contribution is 5.90. The van der Waals surface area contributed by atoms with Crippen LogP contribution in [0.2, 0.25) is 0 Å². The molecule has 1 aromatic carbocycles. The summed E-state index contributed by atoms with van der Waals surface area (Å²) in [5, 5.41) is 2.91. The van der Waals surface area contributed by atoms with Crippen LogP contribution in [0.15, 0.2) is 24.3 Å². The van der Waals surface area contributed by atoms with Gasteiger partial charge < -0.3 is 16.0 Å². The van der Waals surface area contributed by atoms with E-state index in [1.54, 1.807) is 4.90 Å². The second-order valence-corrected chi connectivity index (χ2v) is 6.15. The van der Waals surface area contributed by atoms with Crippen molar-refractivity contribution in [1.82, 2.24) is 10.2 Å². The minimum absolute atomic E-state index is 0. The number of nitrogens with zero attached hydrogens (tertiary/aromatic N) is 1. The SMILES string of the molecule is Cc1ccc(CN2C(=O)CCC2C(=O)NCC(C)CN)cc1.Cl. The summed E-state index contributed by atoms with van der Waals surface area (Å²) in [7, 11) is 0. The van der Waals surface area contributed by atoms with E-state index in [9.17, 15) is 9.59 Å². The van der Waals surface area contributed by atoms with Gasteiger partial charge in [0.15, 0.2) is 0 Å². The first-order valence-corrected chi connectivity index (χ1v) is 7.84. The van der Waals surface area contributed by atoms with E-state index in [0.717, 1.165) is 5.56 Å². The van der Waals surface area contributed by atoms with Crippen molar-refractivity contribution < 1.29 is 9.59 Å². The van der Waals surface area contributed by atoms with Crippen LogP contribution in [0.25, 0.3) is 0 Å². The lowest BCUT2D eigenvalue weighted by Crippen LogP contribution is -2.45. The molecule has 2 rings (SSSR count). The number of likely N-dealkylation sites (tertiary alicyclic amines) is 1. The highest BCUT2D eigenvalue weighted by Gasteiger charge is 2.35. The molecule has 3 N–H and O–H groups in total. The fraction of sp³-hybridized carbons (Fsp3) is 0.529. The molecule has 1 saturated heterocycles. The van der Waals surface area contributed by atoms with E-state index in [1.807, 2.05) is 38.1 Å². The van der Waals surface area contributed by atoms with Gasteiger partial charge in [-0.1, -0.05) is 36.8 Å². The number of rotatable bonds is 6. The Kier molecular flexibility index (Phi) is 7.52. The quantitative estimate of drug-likeness (QED) is 0.827. The van der Waals surface area contributed by atoms with E-state index in [4.69, 9.17) is 5.73 Å². The van der Waals surface area contributed by atoms with Crippen LogP contribution in [0.1, 0.15) is 30.9 Å². The number of nitrogens with two attached hydrogens (primary N) is 1. The molecular formula is C17H26ClN3O2. The molecule has 0 saturated carbocycles. The van der Waals surface area contributed by atoms with E-state index in [2.05, 4.69) is 5.32 Å². The number of halogens is 1. The average molecular weight is 340 g/mol. The fourth-order valence-corrected chi connectivity index (χ4v) is 2.57. The molecule has 23 heavy (non-hydrogen) atoms. The summed E-state index contributed by atoms with van der Waals surface area (Å²) in [5.74, 6) is 0.220. The maximum Gasteiger partial charge on any atom is 0.242 e. The predicted octanol–water partition coefficient (Wildman–Crippen LogP) is 1.62. The van der Waals surface area contributed by atoms with Crippen molar-refractivity contribution in [3.8, 4) is 0 Å². The van der Waals surface area contributed by atoms with Crippen molar-refractivity contribution >= 4 is 24.2 Å². The Bertz CT molecular complexity index is 533. The van der Waals surface area contributed by atoms with Gasteiger partial charge in [0.1, 0.15) is 6.04 Å². The summed E-state index contributed by atoms with van der Waals surface area (Å²) in [6, 6.07) is 7.69. The molecule has 0 spiro atoms. The summed E-state index contributed by atoms with van der Waals surface area (Å²) in [5.41, 5.74) is 7.79. The van der Waals surface area contributed by atoms with Gasteiger partial charge in [0.05, 0.1) is 0 Å². The van der Waals surface area contributed by atoms with Crippen molar-refractivity contribution in [1.29, 1.82) is 0 Å². The summed E-state index contributed by atoms with van der Waals surface area (Å²) in [4.78, 5) is 26.1. The Hall–Kier alpha value is -1.59. The lowest BCUT2D eigenvalue weighted by molar-refractivity contribution is -0.135. The molecule has 1 aliphatic rings. The second kappa shape index (κ2) is 8.89. The van der Waals surface area contributed by atoms with Crippen molar-refractivity contribution in [2.45, 2.75) is 39.3 Å². The minimum atomic E-state index is -0.362. The van der Waals surface area contributed by atoms with Gasteiger partial charge in [-0.05, 0) is 31.4 Å². The summed E-state index contributed by atoms with van der Waals surface area (Å²) in [6.45, 7) is 5.60. The molecule has 6 heteroatoms. The third kappa shape index (κ3) is 5.22. The van der Waals surface area contributed by atoms with Crippen molar-refractivity contribution in [2.75, 3.05) is 13.1 Å². The van der Waals surface area contributed by atoms with Gasteiger partial charge in [0.2, 0.25) is 11.8 Å². The Labute approximate surface area is 144 Å². The zero-order valence-electron chi connectivity index (χ0n) is 13.7. The van der Waals surface area contributed by atoms with Crippen LogP contribution < -0.4 is 11.1 Å². The van der Waals surface area contributed by atoms with Crippen molar-refractivity contribution in [3.05, 3.63) is 35.4 Å². The molecule has 2 unspecified atom stereocenters. The first-order chi connectivity index (χ1) is 10.5. The molecule has 1 fully saturated rings. The average Bonchev–Trinajstić information content (AvgIpc) is 2.88. The molecule has 0 bridgehead atoms. The molecule has 1 heterocycles. The standard InChI is InChI=1S/C17H25N3O2.ClH/c1-12-3-5-14(6-4-12)11-20-15(7-8-16(20)21)17(22)19-10-13(2)9-18;/h3-6,13,15H,7-11,18H2,1-2H3,(H,19,22);1H. The number of carbonyl (C=O) groups excluding carboxylic acids is 2. The maximum absolute atomic E-state index is 12.3. The van der Waals surface area contributed by atoms with Crippen LogP contribution in [-0.4, -0.2) is 35.8 Å². The van der Waals surface area contributed by atoms with E-state index in [-0.39, 0.29) is 36.2 Å². The third-order valence-electron chi connectivity index (χ3n) is 4.13. The lowest BCUT2D eigenvalue weighted by atomic mass is 10.1. The number of nitrogens with one attached hydrogen (secondary N) is 1. The number of hydrogen-bond acceptors (Lipinski definition) is 3. The zero-order valence-corrected chi connectivity index (χ0v) is 14.6. The van der Waals surface area contributed by atoms with Crippen LogP contribution in [-0.2, 0) is 16.1 Å². The first kappa shape index (κ1) is 19.5. The molecule has 2 atom stereocenters. The smallest absolute Gasteiger partial charge is 0.242 e. The maximum atomic E-state index is 12.3. The number of hydrogen-bond donors (Lipinski definition) is 2. The number of carbonyl (C=O) groups is 2. The monoisotopic (exact) mass is 339 g/mol. The van der Waals surface area contributed by atoms with Gasteiger partial charge in [-0.3, -0.25) is 9.59 Å². The Morgan fingerprint density at radius 1 is 1.39 bits per heavy atom. The van der Waals surface area contributed by atoms with E-state index in [1.165, 1.54) is 5.56 Å². The van der Waals surface area contributed by atoms with Crippen LogP contribution in [0.5, 0.6) is 0 Å². The molecule has 5 nitrogen and oxygen atoms in total. The topological polar surface area (TPSA) is 75.4 Å². The Morgan fingerprint density at radius 3 is 2.65 bits per heavy atom. The number of aryl methyl sites for hydroxylation is 1. The fourth-order valence-electron chi connectivity index (χ4n) is 2.57. The Balaban J connectivity index is 0.00000264. The highest BCUT2D eigenvalue weighted by Crippen LogP contribution is 2.22. The molecule has 0 aliphatic carbocycles. The van der Waals surface area contributed by atoms with Crippen molar-refractivity contribution in [3.63, 3.8) is 0 Å². The molecule has 2 amide bonds. The van der Waals surface area contributed by atoms with Crippen LogP contribution in [0.3, 0.4) is 0 Å². The number of amides is 2. The number of benzene rings is 1. The normalized spacial score (nSPS) is 18.5. The largest absolute Gasteiger partial charge is 0.354 e. The molecule has 128 valence electrons. The van der Waals surface area contributed by atoms with Gasteiger partial charge in [0.25, 0.3) is 0 Å². The molecule has 1 aromatic rings. The van der Waals surface area contributed by atoms with E-state index >= 15 is 0 Å². The van der Waals surface area contributed by atoms with Gasteiger partial charge in [-0.25, -0.2) is 0 Å². The zero-order chi connectivity index (χ0) is 16.1. The second-order valence-electron chi connectivity index (χ2n) is 6.15. The summed E-state index contributed by atoms with van der Waals surface area (Å²) < 4.78 is 0. The summed E-state index contributed by atoms with van der Waals surface area (Å²) in [6.07, 6.45) is 1.03. The molecule has 0 aromatic heterocycles. The van der Waals surface area contributed by atoms with Gasteiger partial charge in [-0.15, -0.1) is 12.4 Å². The van der Waals surface area contributed by atoms with Crippen LogP contribution in [0, 0.1) is 12.8 Å². The van der Waals surface area contributed by atoms with Crippen LogP contribution in [0.4, 0.5) is 0 Å². The Morgan fingerprint density at radius 2 is 2.04 bits per heavy atom. The molecule has 0 radical (unpaired) electrons. The van der Waals surface area contributed by atoms with Gasteiger partial charge in [-0.2, -0.15) is 0 Å². The first-order valence-electron chi connectivity index (χ1n) is 7.84. The van der Waals surface area contributed by atoms with Gasteiger partial charge >= 0.3 is 0 Å². The molecular weight excluding hydrogens is 314 g/mol. The van der Waals surface area contributed by atoms with Crippen molar-refractivity contribution in [2.24, 2.45) is 11.7 Å². The third-order valence-corrected chi connectivity index (χ3v) is 4.13.